The van der Waals surface area contributed by atoms with E-state index in [1.54, 1.807) is 0 Å². The molecule has 1 amide bonds. The van der Waals surface area contributed by atoms with Gasteiger partial charge in [0.1, 0.15) is 12.6 Å². The highest BCUT2D eigenvalue weighted by atomic mass is 16.6. The van der Waals surface area contributed by atoms with Crippen molar-refractivity contribution in [3.63, 3.8) is 0 Å². The molecule has 1 aliphatic heterocycles. The topological polar surface area (TPSA) is 76.1 Å². The number of ether oxygens (including phenoxy) is 2. The highest BCUT2D eigenvalue weighted by Gasteiger charge is 2.42. The predicted octanol–water partition coefficient (Wildman–Crippen LogP) is 2.35. The number of benzene rings is 1. The summed E-state index contributed by atoms with van der Waals surface area (Å²) in [4.78, 5) is 26.2. The quantitative estimate of drug-likeness (QED) is 0.836. The van der Waals surface area contributed by atoms with Crippen molar-refractivity contribution < 1.29 is 24.2 Å². The van der Waals surface area contributed by atoms with Crippen molar-refractivity contribution in [2.75, 3.05) is 13.7 Å². The summed E-state index contributed by atoms with van der Waals surface area (Å²) in [5.41, 5.74) is 0.879. The van der Waals surface area contributed by atoms with Crippen molar-refractivity contribution in [1.82, 2.24) is 4.90 Å². The lowest BCUT2D eigenvalue weighted by Gasteiger charge is -2.43. The van der Waals surface area contributed by atoms with Crippen LogP contribution in [0.4, 0.5) is 4.79 Å². The molecule has 0 bridgehead atoms. The molecule has 1 aliphatic rings. The largest absolute Gasteiger partial charge is 0.467 e. The van der Waals surface area contributed by atoms with E-state index in [1.807, 2.05) is 37.3 Å². The lowest BCUT2D eigenvalue weighted by molar-refractivity contribution is -0.150. The molecule has 1 aromatic carbocycles. The zero-order valence-electron chi connectivity index (χ0n) is 14.2. The third-order valence-corrected chi connectivity index (χ3v) is 4.56. The third kappa shape index (κ3) is 4.26. The van der Waals surface area contributed by atoms with Gasteiger partial charge in [-0.25, -0.2) is 9.59 Å². The van der Waals surface area contributed by atoms with Crippen LogP contribution in [0, 0.1) is 5.92 Å². The molecule has 0 spiro atoms. The molecule has 132 valence electrons. The van der Waals surface area contributed by atoms with Gasteiger partial charge < -0.3 is 14.6 Å². The zero-order chi connectivity index (χ0) is 17.5. The Morgan fingerprint density at radius 1 is 1.25 bits per heavy atom. The number of aliphatic hydroxyl groups is 1. The summed E-state index contributed by atoms with van der Waals surface area (Å²) in [6.07, 6.45) is 1.21. The van der Waals surface area contributed by atoms with Crippen LogP contribution in [0.3, 0.4) is 0 Å². The molecular formula is C18H25NO5. The van der Waals surface area contributed by atoms with E-state index in [9.17, 15) is 14.7 Å². The van der Waals surface area contributed by atoms with Crippen molar-refractivity contribution in [1.29, 1.82) is 0 Å². The number of carbonyl (C=O) groups excluding carboxylic acids is 2. The highest BCUT2D eigenvalue weighted by molar-refractivity contribution is 5.82. The van der Waals surface area contributed by atoms with Crippen LogP contribution in [0.1, 0.15) is 31.7 Å². The van der Waals surface area contributed by atoms with Gasteiger partial charge >= 0.3 is 12.1 Å². The minimum Gasteiger partial charge on any atom is -0.467 e. The van der Waals surface area contributed by atoms with Gasteiger partial charge in [0.15, 0.2) is 0 Å². The summed E-state index contributed by atoms with van der Waals surface area (Å²) in [5, 5.41) is 9.33. The summed E-state index contributed by atoms with van der Waals surface area (Å²) in [6.45, 7) is 2.11. The van der Waals surface area contributed by atoms with E-state index in [-0.39, 0.29) is 25.2 Å². The number of carbonyl (C=O) groups is 2. The summed E-state index contributed by atoms with van der Waals surface area (Å²) < 4.78 is 10.3. The number of hydrogen-bond donors (Lipinski definition) is 1. The SMILES string of the molecule is COC(=O)[C@@H]1CC[C@H](C)[C@H](CCO)N1C(=O)OCc1ccccc1. The molecule has 24 heavy (non-hydrogen) atoms. The first-order valence-electron chi connectivity index (χ1n) is 8.26. The first-order valence-corrected chi connectivity index (χ1v) is 8.26. The summed E-state index contributed by atoms with van der Waals surface area (Å²) in [7, 11) is 1.31. The Kier molecular flexibility index (Phi) is 6.61. The normalized spacial score (nSPS) is 23.6. The number of piperidine rings is 1. The minimum absolute atomic E-state index is 0.0502. The molecule has 0 aromatic heterocycles. The Labute approximate surface area is 142 Å². The lowest BCUT2D eigenvalue weighted by Crippen LogP contribution is -2.56. The fraction of sp³-hybridized carbons (Fsp3) is 0.556. The van der Waals surface area contributed by atoms with Crippen LogP contribution in [-0.2, 0) is 20.9 Å². The molecule has 1 saturated heterocycles. The first kappa shape index (κ1) is 18.3. The van der Waals surface area contributed by atoms with Gasteiger partial charge in [-0.05, 0) is 30.7 Å². The maximum atomic E-state index is 12.6. The van der Waals surface area contributed by atoms with Gasteiger partial charge in [-0.3, -0.25) is 4.90 Å². The number of esters is 1. The molecule has 1 fully saturated rings. The molecular weight excluding hydrogens is 310 g/mol. The Morgan fingerprint density at radius 2 is 1.96 bits per heavy atom. The van der Waals surface area contributed by atoms with E-state index >= 15 is 0 Å². The van der Waals surface area contributed by atoms with E-state index in [1.165, 1.54) is 12.0 Å². The van der Waals surface area contributed by atoms with Crippen LogP contribution >= 0.6 is 0 Å². The first-order chi connectivity index (χ1) is 11.6. The van der Waals surface area contributed by atoms with Gasteiger partial charge in [-0.2, -0.15) is 0 Å². The standard InChI is InChI=1S/C18H25NO5/c1-13-8-9-16(17(21)23-2)19(15(13)10-11-20)18(22)24-12-14-6-4-3-5-7-14/h3-7,13,15-16,20H,8-12H2,1-2H3/t13-,15-,16-/m0/s1. The summed E-state index contributed by atoms with van der Waals surface area (Å²) in [6, 6.07) is 8.48. The van der Waals surface area contributed by atoms with E-state index in [4.69, 9.17) is 9.47 Å². The Morgan fingerprint density at radius 3 is 2.58 bits per heavy atom. The Bertz CT molecular complexity index is 548. The average Bonchev–Trinajstić information content (AvgIpc) is 2.61. The monoisotopic (exact) mass is 335 g/mol. The molecule has 6 nitrogen and oxygen atoms in total. The van der Waals surface area contributed by atoms with Crippen molar-refractivity contribution in [3.8, 4) is 0 Å². The molecule has 0 saturated carbocycles. The fourth-order valence-corrected chi connectivity index (χ4v) is 3.24. The van der Waals surface area contributed by atoms with Crippen molar-refractivity contribution in [2.24, 2.45) is 5.92 Å². The van der Waals surface area contributed by atoms with Crippen molar-refractivity contribution in [2.45, 2.75) is 44.9 Å². The molecule has 6 heteroatoms. The molecule has 1 aromatic rings. The van der Waals surface area contributed by atoms with Gasteiger partial charge in [0.05, 0.1) is 7.11 Å². The van der Waals surface area contributed by atoms with E-state index in [0.29, 0.717) is 12.8 Å². The van der Waals surface area contributed by atoms with E-state index in [2.05, 4.69) is 0 Å². The summed E-state index contributed by atoms with van der Waals surface area (Å²) >= 11 is 0. The molecule has 0 radical (unpaired) electrons. The van der Waals surface area contributed by atoms with Crippen LogP contribution in [0.25, 0.3) is 0 Å². The fourth-order valence-electron chi connectivity index (χ4n) is 3.24. The third-order valence-electron chi connectivity index (χ3n) is 4.56. The number of methoxy groups -OCH3 is 1. The van der Waals surface area contributed by atoms with Crippen LogP contribution in [0.5, 0.6) is 0 Å². The van der Waals surface area contributed by atoms with Gasteiger partial charge in [0.25, 0.3) is 0 Å². The number of nitrogens with zero attached hydrogens (tertiary/aromatic N) is 1. The predicted molar refractivity (Wildman–Crippen MR) is 88.2 cm³/mol. The van der Waals surface area contributed by atoms with Crippen LogP contribution in [0.2, 0.25) is 0 Å². The van der Waals surface area contributed by atoms with Crippen molar-refractivity contribution in [3.05, 3.63) is 35.9 Å². The molecule has 2 rings (SSSR count). The average molecular weight is 335 g/mol. The Hall–Kier alpha value is -2.08. The van der Waals surface area contributed by atoms with Crippen LogP contribution < -0.4 is 0 Å². The second-order valence-corrected chi connectivity index (χ2v) is 6.12. The van der Waals surface area contributed by atoms with Crippen molar-refractivity contribution >= 4 is 12.1 Å². The van der Waals surface area contributed by atoms with Gasteiger partial charge in [0.2, 0.25) is 0 Å². The van der Waals surface area contributed by atoms with Gasteiger partial charge in [0, 0.05) is 12.6 Å². The minimum atomic E-state index is -0.661. The maximum Gasteiger partial charge on any atom is 0.411 e. The Balaban J connectivity index is 2.14. The van der Waals surface area contributed by atoms with E-state index < -0.39 is 18.1 Å². The number of amides is 1. The highest BCUT2D eigenvalue weighted by Crippen LogP contribution is 2.31. The lowest BCUT2D eigenvalue weighted by atomic mass is 9.85. The zero-order valence-corrected chi connectivity index (χ0v) is 14.2. The number of hydrogen-bond acceptors (Lipinski definition) is 5. The number of aliphatic hydroxyl groups excluding tert-OH is 1. The number of likely N-dealkylation sites (tertiary alicyclic amines) is 1. The molecule has 1 heterocycles. The second-order valence-electron chi connectivity index (χ2n) is 6.12. The summed E-state index contributed by atoms with van der Waals surface area (Å²) in [5.74, 6) is -0.260. The van der Waals surface area contributed by atoms with Gasteiger partial charge in [-0.15, -0.1) is 0 Å². The molecule has 0 aliphatic carbocycles. The molecule has 0 unspecified atom stereocenters. The molecule has 1 N–H and O–H groups in total. The van der Waals surface area contributed by atoms with Crippen LogP contribution in [-0.4, -0.2) is 47.9 Å². The maximum absolute atomic E-state index is 12.6. The number of rotatable bonds is 5. The molecule has 3 atom stereocenters. The smallest absolute Gasteiger partial charge is 0.411 e. The van der Waals surface area contributed by atoms with E-state index in [0.717, 1.165) is 12.0 Å². The second kappa shape index (κ2) is 8.68. The van der Waals surface area contributed by atoms with Gasteiger partial charge in [-0.1, -0.05) is 37.3 Å². The van der Waals surface area contributed by atoms with Crippen LogP contribution in [0.15, 0.2) is 30.3 Å².